The molecule has 0 spiro atoms. The Kier molecular flexibility index (Phi) is 5.11. The van der Waals surface area contributed by atoms with Crippen LogP contribution in [0, 0.1) is 6.92 Å². The largest absolute Gasteiger partial charge is 0.357 e. The number of nitrogens with zero attached hydrogens (tertiary/aromatic N) is 3. The lowest BCUT2D eigenvalue weighted by molar-refractivity contribution is 0.262. The van der Waals surface area contributed by atoms with E-state index >= 15 is 0 Å². The van der Waals surface area contributed by atoms with Crippen molar-refractivity contribution >= 4 is 45.7 Å². The number of nitrogens with one attached hydrogen (secondary N) is 3. The standard InChI is InChI=1S/C16H15ClN6OS/c1-9-13(12-6-7-19-14(18-2)22-12)25-16(20-9)23-15(24)21-11-5-3-4-10(17)8-11/h3-8H,1-2H3,(H,18,19,22)(H2,20,21,23,24). The number of urea groups is 1. The first-order chi connectivity index (χ1) is 12.0. The van der Waals surface area contributed by atoms with E-state index < -0.39 is 0 Å². The van der Waals surface area contributed by atoms with Crippen LogP contribution in [-0.4, -0.2) is 28.0 Å². The van der Waals surface area contributed by atoms with Crippen molar-refractivity contribution in [2.24, 2.45) is 0 Å². The molecule has 0 aliphatic carbocycles. The summed E-state index contributed by atoms with van der Waals surface area (Å²) in [6.07, 6.45) is 1.67. The van der Waals surface area contributed by atoms with Crippen molar-refractivity contribution < 1.29 is 4.79 Å². The molecule has 3 aromatic rings. The molecule has 0 atom stereocenters. The van der Waals surface area contributed by atoms with E-state index in [4.69, 9.17) is 11.6 Å². The quantitative estimate of drug-likeness (QED) is 0.635. The van der Waals surface area contributed by atoms with Crippen LogP contribution in [0.2, 0.25) is 5.02 Å². The van der Waals surface area contributed by atoms with Crippen LogP contribution in [0.15, 0.2) is 36.5 Å². The highest BCUT2D eigenvalue weighted by molar-refractivity contribution is 7.19. The first kappa shape index (κ1) is 17.1. The molecular formula is C16H15ClN6OS. The van der Waals surface area contributed by atoms with E-state index in [1.807, 2.05) is 6.92 Å². The molecular weight excluding hydrogens is 360 g/mol. The molecule has 0 aliphatic heterocycles. The third-order valence-electron chi connectivity index (χ3n) is 3.21. The number of thiazole rings is 1. The van der Waals surface area contributed by atoms with Crippen LogP contribution in [0.5, 0.6) is 0 Å². The average Bonchev–Trinajstić information content (AvgIpc) is 2.95. The van der Waals surface area contributed by atoms with Gasteiger partial charge in [0.05, 0.1) is 16.3 Å². The summed E-state index contributed by atoms with van der Waals surface area (Å²) in [5.74, 6) is 0.526. The Morgan fingerprint density at radius 1 is 1.20 bits per heavy atom. The van der Waals surface area contributed by atoms with Crippen LogP contribution in [0.3, 0.4) is 0 Å². The first-order valence-corrected chi connectivity index (χ1v) is 8.57. The highest BCUT2D eigenvalue weighted by Gasteiger charge is 2.13. The van der Waals surface area contributed by atoms with Gasteiger partial charge in [-0.15, -0.1) is 0 Å². The molecule has 0 aliphatic rings. The van der Waals surface area contributed by atoms with Gasteiger partial charge in [0.15, 0.2) is 5.13 Å². The Balaban J connectivity index is 1.74. The molecule has 7 nitrogen and oxygen atoms in total. The van der Waals surface area contributed by atoms with Crippen molar-refractivity contribution in [3.05, 3.63) is 47.2 Å². The molecule has 0 bridgehead atoms. The number of hydrogen-bond acceptors (Lipinski definition) is 6. The van der Waals surface area contributed by atoms with Crippen LogP contribution in [0.4, 0.5) is 21.6 Å². The predicted octanol–water partition coefficient (Wildman–Crippen LogP) is 4.25. The topological polar surface area (TPSA) is 91.8 Å². The highest BCUT2D eigenvalue weighted by atomic mass is 35.5. The molecule has 0 saturated heterocycles. The molecule has 3 N–H and O–H groups in total. The van der Waals surface area contributed by atoms with Crippen molar-refractivity contribution in [1.82, 2.24) is 15.0 Å². The summed E-state index contributed by atoms with van der Waals surface area (Å²) in [6.45, 7) is 1.87. The minimum Gasteiger partial charge on any atom is -0.357 e. The number of carbonyl (C=O) groups is 1. The fourth-order valence-corrected chi connectivity index (χ4v) is 3.24. The van der Waals surface area contributed by atoms with Crippen LogP contribution in [-0.2, 0) is 0 Å². The third-order valence-corrected chi connectivity index (χ3v) is 4.54. The maximum absolute atomic E-state index is 12.1. The third kappa shape index (κ3) is 4.23. The van der Waals surface area contributed by atoms with Gasteiger partial charge in [-0.05, 0) is 31.2 Å². The van der Waals surface area contributed by atoms with Crippen LogP contribution in [0.1, 0.15) is 5.69 Å². The summed E-state index contributed by atoms with van der Waals surface area (Å²) in [5, 5.41) is 9.37. The van der Waals surface area contributed by atoms with E-state index in [9.17, 15) is 4.79 Å². The summed E-state index contributed by atoms with van der Waals surface area (Å²) in [6, 6.07) is 8.34. The van der Waals surface area contributed by atoms with Crippen molar-refractivity contribution in [3.8, 4) is 10.6 Å². The van der Waals surface area contributed by atoms with E-state index in [-0.39, 0.29) is 6.03 Å². The molecule has 128 valence electrons. The number of hydrogen-bond donors (Lipinski definition) is 3. The van der Waals surface area contributed by atoms with Crippen molar-refractivity contribution in [2.45, 2.75) is 6.92 Å². The van der Waals surface area contributed by atoms with Gasteiger partial charge in [-0.25, -0.2) is 19.7 Å². The van der Waals surface area contributed by atoms with E-state index in [0.29, 0.717) is 21.8 Å². The minimum absolute atomic E-state index is 0.388. The van der Waals surface area contributed by atoms with Gasteiger partial charge >= 0.3 is 6.03 Å². The van der Waals surface area contributed by atoms with Gasteiger partial charge in [0.25, 0.3) is 0 Å². The number of carbonyl (C=O) groups excluding carboxylic acids is 1. The molecule has 1 aromatic carbocycles. The SMILES string of the molecule is CNc1nccc(-c2sc(NC(=O)Nc3cccc(Cl)c3)nc2C)n1. The number of aryl methyl sites for hydroxylation is 1. The van der Waals surface area contributed by atoms with Gasteiger partial charge < -0.3 is 10.6 Å². The van der Waals surface area contributed by atoms with Gasteiger partial charge in [0, 0.05) is 24.0 Å². The summed E-state index contributed by atoms with van der Waals surface area (Å²) in [4.78, 5) is 25.9. The number of amides is 2. The molecule has 9 heteroatoms. The second-order valence-corrected chi connectivity index (χ2v) is 6.47. The second kappa shape index (κ2) is 7.45. The lowest BCUT2D eigenvalue weighted by atomic mass is 10.3. The zero-order valence-electron chi connectivity index (χ0n) is 13.5. The van der Waals surface area contributed by atoms with Gasteiger partial charge in [-0.3, -0.25) is 5.32 Å². The Hall–Kier alpha value is -2.71. The summed E-state index contributed by atoms with van der Waals surface area (Å²) >= 11 is 7.25. The Morgan fingerprint density at radius 2 is 2.04 bits per heavy atom. The number of anilines is 3. The fourth-order valence-electron chi connectivity index (χ4n) is 2.12. The molecule has 0 fully saturated rings. The highest BCUT2D eigenvalue weighted by Crippen LogP contribution is 2.31. The van der Waals surface area contributed by atoms with Gasteiger partial charge in [-0.1, -0.05) is 29.0 Å². The van der Waals surface area contributed by atoms with Crippen LogP contribution in [0.25, 0.3) is 10.6 Å². The smallest absolute Gasteiger partial charge is 0.325 e. The maximum Gasteiger partial charge on any atom is 0.325 e. The lowest BCUT2D eigenvalue weighted by Crippen LogP contribution is -2.19. The lowest BCUT2D eigenvalue weighted by Gasteiger charge is -2.05. The molecule has 3 rings (SSSR count). The zero-order chi connectivity index (χ0) is 17.8. The van der Waals surface area contributed by atoms with Crippen molar-refractivity contribution in [3.63, 3.8) is 0 Å². The number of rotatable bonds is 4. The number of halogens is 1. The van der Waals surface area contributed by atoms with Crippen molar-refractivity contribution in [1.29, 1.82) is 0 Å². The minimum atomic E-state index is -0.388. The fraction of sp³-hybridized carbons (Fsp3) is 0.125. The summed E-state index contributed by atoms with van der Waals surface area (Å²) in [7, 11) is 1.76. The monoisotopic (exact) mass is 374 g/mol. The summed E-state index contributed by atoms with van der Waals surface area (Å²) < 4.78 is 0. The van der Waals surface area contributed by atoms with E-state index in [2.05, 4.69) is 30.9 Å². The van der Waals surface area contributed by atoms with Gasteiger partial charge in [-0.2, -0.15) is 0 Å². The molecule has 0 saturated carbocycles. The van der Waals surface area contributed by atoms with E-state index in [1.165, 1.54) is 11.3 Å². The van der Waals surface area contributed by atoms with E-state index in [1.54, 1.807) is 43.6 Å². The second-order valence-electron chi connectivity index (χ2n) is 5.04. The number of benzene rings is 1. The van der Waals surface area contributed by atoms with Crippen LogP contribution >= 0.6 is 22.9 Å². The molecule has 2 aromatic heterocycles. The molecule has 0 radical (unpaired) electrons. The van der Waals surface area contributed by atoms with Crippen molar-refractivity contribution in [2.75, 3.05) is 23.0 Å². The predicted molar refractivity (Wildman–Crippen MR) is 102 cm³/mol. The Morgan fingerprint density at radius 3 is 2.80 bits per heavy atom. The molecule has 2 heterocycles. The zero-order valence-corrected chi connectivity index (χ0v) is 15.1. The Labute approximate surface area is 153 Å². The molecule has 2 amide bonds. The Bertz CT molecular complexity index is 913. The normalized spacial score (nSPS) is 10.4. The van der Waals surface area contributed by atoms with Gasteiger partial charge in [0.1, 0.15) is 0 Å². The average molecular weight is 375 g/mol. The van der Waals surface area contributed by atoms with Gasteiger partial charge in [0.2, 0.25) is 5.95 Å². The van der Waals surface area contributed by atoms with E-state index in [0.717, 1.165) is 16.3 Å². The first-order valence-electron chi connectivity index (χ1n) is 7.37. The van der Waals surface area contributed by atoms with Crippen LogP contribution < -0.4 is 16.0 Å². The number of aromatic nitrogens is 3. The summed E-state index contributed by atoms with van der Waals surface area (Å²) in [5.41, 5.74) is 2.13. The maximum atomic E-state index is 12.1. The molecule has 0 unspecified atom stereocenters. The molecule has 25 heavy (non-hydrogen) atoms.